The van der Waals surface area contributed by atoms with Gasteiger partial charge in [0.05, 0.1) is 0 Å². The lowest BCUT2D eigenvalue weighted by Gasteiger charge is -2.58. The molecular formula is C29H48O5S. The summed E-state index contributed by atoms with van der Waals surface area (Å²) < 4.78 is 36.4. The summed E-state index contributed by atoms with van der Waals surface area (Å²) in [6.07, 6.45) is 15.3. The largest absolute Gasteiger partial charge is 0.461 e. The van der Waals surface area contributed by atoms with Crippen molar-refractivity contribution in [2.24, 2.45) is 46.3 Å². The minimum absolute atomic E-state index is 0.164. The van der Waals surface area contributed by atoms with Crippen molar-refractivity contribution < 1.29 is 22.5 Å². The molecule has 0 bridgehead atoms. The summed E-state index contributed by atoms with van der Waals surface area (Å²) in [4.78, 5) is 12.0. The van der Waals surface area contributed by atoms with Gasteiger partial charge in [-0.2, -0.15) is 8.42 Å². The van der Waals surface area contributed by atoms with Crippen LogP contribution in [0.1, 0.15) is 105 Å². The highest BCUT2D eigenvalue weighted by molar-refractivity contribution is 7.86. The lowest BCUT2D eigenvalue weighted by Crippen LogP contribution is -2.51. The second-order valence-electron chi connectivity index (χ2n) is 13.4. The first-order valence-corrected chi connectivity index (χ1v) is 15.8. The Kier molecular flexibility index (Phi) is 7.85. The summed E-state index contributed by atoms with van der Waals surface area (Å²) >= 11 is 0. The number of rotatable bonds is 8. The number of esters is 1. The fourth-order valence-corrected chi connectivity index (χ4v) is 9.49. The van der Waals surface area contributed by atoms with Gasteiger partial charge >= 0.3 is 5.97 Å². The zero-order valence-corrected chi connectivity index (χ0v) is 23.4. The molecule has 3 fully saturated rings. The minimum Gasteiger partial charge on any atom is -0.461 e. The van der Waals surface area contributed by atoms with Crippen LogP contribution < -0.4 is 0 Å². The number of carbonyl (C=O) groups is 1. The molecule has 0 radical (unpaired) electrons. The Morgan fingerprint density at radius 3 is 2.51 bits per heavy atom. The molecule has 0 aromatic carbocycles. The predicted octanol–water partition coefficient (Wildman–Crippen LogP) is 6.83. The lowest BCUT2D eigenvalue weighted by molar-refractivity contribution is -0.148. The summed E-state index contributed by atoms with van der Waals surface area (Å²) in [7, 11) is -4.35. The maximum Gasteiger partial charge on any atom is 0.323 e. The van der Waals surface area contributed by atoms with Crippen molar-refractivity contribution in [3.63, 3.8) is 0 Å². The molecule has 0 spiro atoms. The van der Waals surface area contributed by atoms with Crippen molar-refractivity contribution in [1.82, 2.24) is 0 Å². The molecule has 1 unspecified atom stereocenters. The normalized spacial score (nSPS) is 39.9. The van der Waals surface area contributed by atoms with Crippen LogP contribution in [0.4, 0.5) is 0 Å². The minimum atomic E-state index is -4.35. The van der Waals surface area contributed by atoms with Gasteiger partial charge in [0, 0.05) is 6.42 Å². The fraction of sp³-hybridized carbons (Fsp3) is 0.897. The molecule has 0 saturated heterocycles. The van der Waals surface area contributed by atoms with E-state index in [1.165, 1.54) is 50.5 Å². The van der Waals surface area contributed by atoms with E-state index in [2.05, 4.69) is 40.7 Å². The van der Waals surface area contributed by atoms with Crippen LogP contribution in [0.15, 0.2) is 11.6 Å². The maximum atomic E-state index is 12.0. The fourth-order valence-electron chi connectivity index (χ4n) is 9.12. The van der Waals surface area contributed by atoms with Crippen molar-refractivity contribution in [3.05, 3.63) is 11.6 Å². The highest BCUT2D eigenvalue weighted by atomic mass is 32.2. The number of hydrogen-bond acceptors (Lipinski definition) is 4. The molecule has 4 aliphatic carbocycles. The van der Waals surface area contributed by atoms with E-state index in [4.69, 9.17) is 9.29 Å². The number of allylic oxidation sites excluding steroid dienone is 1. The van der Waals surface area contributed by atoms with Gasteiger partial charge in [-0.15, -0.1) is 0 Å². The van der Waals surface area contributed by atoms with Crippen molar-refractivity contribution in [1.29, 1.82) is 0 Å². The van der Waals surface area contributed by atoms with Gasteiger partial charge in [0.25, 0.3) is 10.1 Å². The molecular weight excluding hydrogens is 460 g/mol. The smallest absolute Gasteiger partial charge is 0.323 e. The van der Waals surface area contributed by atoms with Crippen molar-refractivity contribution in [2.75, 3.05) is 5.75 Å². The molecule has 0 aromatic heterocycles. The molecule has 4 rings (SSSR count). The molecule has 6 heteroatoms. The van der Waals surface area contributed by atoms with Crippen LogP contribution >= 0.6 is 0 Å². The number of carbonyl (C=O) groups excluding carboxylic acids is 1. The molecule has 200 valence electrons. The molecule has 3 saturated carbocycles. The monoisotopic (exact) mass is 508 g/mol. The summed E-state index contributed by atoms with van der Waals surface area (Å²) in [6, 6.07) is 0. The van der Waals surface area contributed by atoms with Gasteiger partial charge in [-0.25, -0.2) is 0 Å². The van der Waals surface area contributed by atoms with Gasteiger partial charge in [-0.3, -0.25) is 9.35 Å². The van der Waals surface area contributed by atoms with Gasteiger partial charge in [0.15, 0.2) is 5.75 Å². The van der Waals surface area contributed by atoms with Crippen LogP contribution in [-0.2, 0) is 19.6 Å². The van der Waals surface area contributed by atoms with Crippen LogP contribution in [0.5, 0.6) is 0 Å². The standard InChI is InChI=1S/C29H48O5S/c1-19(2)7-6-8-20(3)24-11-12-25-23-10-9-21-17-22(34-27(30)18-35(31,32)33)13-15-28(21,4)26(23)14-16-29(24,25)5/h9,19-20,22-26H,6-8,10-18H2,1-5H3,(H,31,32,33)/t20-,22?,23+,24-,25+,26+,28+,29-/m1/s1. The second-order valence-corrected chi connectivity index (χ2v) is 14.8. The second kappa shape index (κ2) is 10.1. The van der Waals surface area contributed by atoms with E-state index in [1.807, 2.05) is 0 Å². The first-order chi connectivity index (χ1) is 16.3. The molecule has 0 aromatic rings. The summed E-state index contributed by atoms with van der Waals surface area (Å²) in [5.74, 6) is 2.95. The van der Waals surface area contributed by atoms with E-state index in [0.29, 0.717) is 17.8 Å². The number of hydrogen-bond donors (Lipinski definition) is 1. The molecule has 35 heavy (non-hydrogen) atoms. The summed E-state index contributed by atoms with van der Waals surface area (Å²) in [5, 5.41) is 0. The zero-order chi connectivity index (χ0) is 25.6. The van der Waals surface area contributed by atoms with E-state index < -0.39 is 21.8 Å². The van der Waals surface area contributed by atoms with Gasteiger partial charge in [-0.1, -0.05) is 65.5 Å². The molecule has 4 aliphatic rings. The van der Waals surface area contributed by atoms with E-state index in [1.54, 1.807) is 0 Å². The molecule has 1 N–H and O–H groups in total. The van der Waals surface area contributed by atoms with E-state index in [-0.39, 0.29) is 11.5 Å². The third kappa shape index (κ3) is 5.54. The average Bonchev–Trinajstić information content (AvgIpc) is 3.09. The van der Waals surface area contributed by atoms with Crippen molar-refractivity contribution in [3.8, 4) is 0 Å². The Labute approximate surface area is 213 Å². The van der Waals surface area contributed by atoms with Crippen LogP contribution in [0, 0.1) is 46.3 Å². The third-order valence-corrected chi connectivity index (χ3v) is 11.5. The topological polar surface area (TPSA) is 80.7 Å². The Morgan fingerprint density at radius 1 is 1.09 bits per heavy atom. The summed E-state index contributed by atoms with van der Waals surface area (Å²) in [5.41, 5.74) is 2.05. The van der Waals surface area contributed by atoms with Crippen LogP contribution in [0.3, 0.4) is 0 Å². The van der Waals surface area contributed by atoms with E-state index in [9.17, 15) is 13.2 Å². The SMILES string of the molecule is CC(C)CCC[C@@H](C)[C@H]1CC[C@H]2[C@@H]3CC=C4CC(OC(=O)CS(=O)(=O)O)CC[C@]4(C)[C@H]3CC[C@]12C. The van der Waals surface area contributed by atoms with Gasteiger partial charge in [0.1, 0.15) is 6.10 Å². The van der Waals surface area contributed by atoms with Crippen LogP contribution in [0.25, 0.3) is 0 Å². The van der Waals surface area contributed by atoms with Gasteiger partial charge in [-0.05, 0) is 91.3 Å². The highest BCUT2D eigenvalue weighted by Gasteiger charge is 2.59. The van der Waals surface area contributed by atoms with Crippen LogP contribution in [0.2, 0.25) is 0 Å². The highest BCUT2D eigenvalue weighted by Crippen LogP contribution is 2.67. The van der Waals surface area contributed by atoms with E-state index in [0.717, 1.165) is 48.9 Å². The van der Waals surface area contributed by atoms with Gasteiger partial charge < -0.3 is 4.74 Å². The summed E-state index contributed by atoms with van der Waals surface area (Å²) in [6.45, 7) is 12.3. The first kappa shape index (κ1) is 27.2. The quantitative estimate of drug-likeness (QED) is 0.221. The molecule has 5 nitrogen and oxygen atoms in total. The maximum absolute atomic E-state index is 12.0. The Balaban J connectivity index is 1.43. The Hall–Kier alpha value is -0.880. The lowest BCUT2D eigenvalue weighted by atomic mass is 9.47. The molecule has 0 aliphatic heterocycles. The third-order valence-electron chi connectivity index (χ3n) is 10.9. The molecule has 8 atom stereocenters. The number of ether oxygens (including phenoxy) is 1. The first-order valence-electron chi connectivity index (χ1n) is 14.2. The van der Waals surface area contributed by atoms with Crippen molar-refractivity contribution in [2.45, 2.75) is 111 Å². The molecule has 0 heterocycles. The zero-order valence-electron chi connectivity index (χ0n) is 22.6. The van der Waals surface area contributed by atoms with E-state index >= 15 is 0 Å². The number of fused-ring (bicyclic) bond motifs is 5. The predicted molar refractivity (Wildman–Crippen MR) is 139 cm³/mol. The van der Waals surface area contributed by atoms with Gasteiger partial charge in [0.2, 0.25) is 0 Å². The van der Waals surface area contributed by atoms with Crippen LogP contribution in [-0.4, -0.2) is 30.8 Å². The Morgan fingerprint density at radius 2 is 1.83 bits per heavy atom. The molecule has 0 amide bonds. The Bertz CT molecular complexity index is 923. The average molecular weight is 509 g/mol. The van der Waals surface area contributed by atoms with Crippen molar-refractivity contribution >= 4 is 16.1 Å².